The van der Waals surface area contributed by atoms with Crippen LogP contribution >= 0.6 is 15.9 Å². The fourth-order valence-electron chi connectivity index (χ4n) is 1.87. The highest BCUT2D eigenvalue weighted by Crippen LogP contribution is 2.18. The topological polar surface area (TPSA) is 31.2 Å². The van der Waals surface area contributed by atoms with Crippen LogP contribution in [-0.4, -0.2) is 11.7 Å². The van der Waals surface area contributed by atoms with Crippen LogP contribution in [0.2, 0.25) is 0 Å². The second kappa shape index (κ2) is 5.40. The Morgan fingerprint density at radius 3 is 2.78 bits per heavy atom. The molecule has 0 saturated heterocycles. The van der Waals surface area contributed by atoms with Crippen LogP contribution in [0, 0.1) is 6.92 Å². The third-order valence-electron chi connectivity index (χ3n) is 2.76. The number of halogens is 1. The average molecular weight is 308 g/mol. The molecule has 4 heteroatoms. The zero-order chi connectivity index (χ0) is 13.1. The first-order chi connectivity index (χ1) is 8.61. The van der Waals surface area contributed by atoms with E-state index in [1.54, 1.807) is 17.9 Å². The SMILES string of the molecule is COc1ccccc1Cn1cc(Br)cc(C)c1=O. The van der Waals surface area contributed by atoms with Gasteiger partial charge in [0.2, 0.25) is 0 Å². The average Bonchev–Trinajstić information content (AvgIpc) is 2.36. The molecule has 0 unspecified atom stereocenters. The summed E-state index contributed by atoms with van der Waals surface area (Å²) in [5.74, 6) is 0.794. The van der Waals surface area contributed by atoms with E-state index in [4.69, 9.17) is 4.74 Å². The number of ether oxygens (including phenoxy) is 1. The summed E-state index contributed by atoms with van der Waals surface area (Å²) in [6.07, 6.45) is 1.79. The van der Waals surface area contributed by atoms with E-state index >= 15 is 0 Å². The van der Waals surface area contributed by atoms with Crippen LogP contribution in [0.3, 0.4) is 0 Å². The van der Waals surface area contributed by atoms with Gasteiger partial charge in [0.05, 0.1) is 13.7 Å². The van der Waals surface area contributed by atoms with Crippen LogP contribution in [0.25, 0.3) is 0 Å². The minimum absolute atomic E-state index is 0.0177. The minimum Gasteiger partial charge on any atom is -0.496 e. The molecule has 0 aliphatic rings. The van der Waals surface area contributed by atoms with E-state index in [1.165, 1.54) is 0 Å². The van der Waals surface area contributed by atoms with E-state index in [2.05, 4.69) is 15.9 Å². The Morgan fingerprint density at radius 1 is 1.33 bits per heavy atom. The van der Waals surface area contributed by atoms with Gasteiger partial charge in [0.1, 0.15) is 5.75 Å². The molecule has 0 bridgehead atoms. The molecular weight excluding hydrogens is 294 g/mol. The van der Waals surface area contributed by atoms with Crippen LogP contribution < -0.4 is 10.3 Å². The zero-order valence-corrected chi connectivity index (χ0v) is 11.9. The third kappa shape index (κ3) is 2.64. The van der Waals surface area contributed by atoms with Crippen molar-refractivity contribution in [3.8, 4) is 5.75 Å². The van der Waals surface area contributed by atoms with Crippen molar-refractivity contribution in [2.24, 2.45) is 0 Å². The van der Waals surface area contributed by atoms with Gasteiger partial charge in [-0.3, -0.25) is 4.79 Å². The molecule has 94 valence electrons. The number of para-hydroxylation sites is 1. The van der Waals surface area contributed by atoms with Crippen molar-refractivity contribution in [1.82, 2.24) is 4.57 Å². The molecule has 0 aliphatic heterocycles. The summed E-state index contributed by atoms with van der Waals surface area (Å²) in [5, 5.41) is 0. The van der Waals surface area contributed by atoms with E-state index in [0.717, 1.165) is 21.3 Å². The van der Waals surface area contributed by atoms with Gasteiger partial charge in [-0.2, -0.15) is 0 Å². The van der Waals surface area contributed by atoms with Crippen LogP contribution in [0.1, 0.15) is 11.1 Å². The number of nitrogens with zero attached hydrogens (tertiary/aromatic N) is 1. The van der Waals surface area contributed by atoms with Gasteiger partial charge in [0, 0.05) is 21.8 Å². The van der Waals surface area contributed by atoms with Crippen LogP contribution in [0.15, 0.2) is 45.8 Å². The largest absolute Gasteiger partial charge is 0.496 e. The summed E-state index contributed by atoms with van der Waals surface area (Å²) in [5.41, 5.74) is 1.72. The second-order valence-corrected chi connectivity index (χ2v) is 5.00. The van der Waals surface area contributed by atoms with Crippen LogP contribution in [-0.2, 0) is 6.54 Å². The Labute approximate surface area is 114 Å². The Morgan fingerprint density at radius 2 is 2.06 bits per heavy atom. The molecule has 1 aromatic carbocycles. The number of benzene rings is 1. The molecule has 2 rings (SSSR count). The highest BCUT2D eigenvalue weighted by Gasteiger charge is 2.06. The predicted octanol–water partition coefficient (Wildman–Crippen LogP) is 2.98. The number of hydrogen-bond acceptors (Lipinski definition) is 2. The Kier molecular flexibility index (Phi) is 3.87. The third-order valence-corrected chi connectivity index (χ3v) is 3.20. The van der Waals surface area contributed by atoms with Gasteiger partial charge in [-0.1, -0.05) is 18.2 Å². The maximum absolute atomic E-state index is 12.0. The van der Waals surface area contributed by atoms with Gasteiger partial charge >= 0.3 is 0 Å². The monoisotopic (exact) mass is 307 g/mol. The van der Waals surface area contributed by atoms with Gasteiger partial charge in [0.25, 0.3) is 5.56 Å². The van der Waals surface area contributed by atoms with Crippen LogP contribution in [0.5, 0.6) is 5.75 Å². The van der Waals surface area contributed by atoms with Gasteiger partial charge < -0.3 is 9.30 Å². The summed E-state index contributed by atoms with van der Waals surface area (Å²) < 4.78 is 7.87. The molecule has 0 saturated carbocycles. The van der Waals surface area contributed by atoms with Crippen molar-refractivity contribution in [2.75, 3.05) is 7.11 Å². The normalized spacial score (nSPS) is 10.4. The Balaban J connectivity index is 2.43. The van der Waals surface area contributed by atoms with E-state index < -0.39 is 0 Å². The first kappa shape index (κ1) is 12.9. The molecule has 0 N–H and O–H groups in total. The Bertz CT molecular complexity index is 619. The molecule has 3 nitrogen and oxygen atoms in total. The van der Waals surface area contributed by atoms with Crippen LogP contribution in [0.4, 0.5) is 0 Å². The lowest BCUT2D eigenvalue weighted by Gasteiger charge is -2.11. The summed E-state index contributed by atoms with van der Waals surface area (Å²) in [7, 11) is 1.63. The quantitative estimate of drug-likeness (QED) is 0.873. The van der Waals surface area contributed by atoms with Crippen molar-refractivity contribution >= 4 is 15.9 Å². The van der Waals surface area contributed by atoms with Gasteiger partial charge in [-0.05, 0) is 35.0 Å². The molecule has 2 aromatic rings. The fraction of sp³-hybridized carbons (Fsp3) is 0.214. The lowest BCUT2D eigenvalue weighted by Crippen LogP contribution is -2.22. The lowest BCUT2D eigenvalue weighted by molar-refractivity contribution is 0.408. The molecule has 0 radical (unpaired) electrons. The first-order valence-corrected chi connectivity index (χ1v) is 6.39. The molecule has 0 spiro atoms. The highest BCUT2D eigenvalue weighted by atomic mass is 79.9. The van der Waals surface area contributed by atoms with Crippen molar-refractivity contribution in [3.05, 3.63) is 62.5 Å². The van der Waals surface area contributed by atoms with Gasteiger partial charge in [-0.15, -0.1) is 0 Å². The first-order valence-electron chi connectivity index (χ1n) is 5.60. The molecule has 0 fully saturated rings. The fourth-order valence-corrected chi connectivity index (χ4v) is 2.46. The van der Waals surface area contributed by atoms with E-state index in [-0.39, 0.29) is 5.56 Å². The standard InChI is InChI=1S/C14H14BrNO2/c1-10-7-12(15)9-16(14(10)17)8-11-5-3-4-6-13(11)18-2/h3-7,9H,8H2,1-2H3. The highest BCUT2D eigenvalue weighted by molar-refractivity contribution is 9.10. The second-order valence-electron chi connectivity index (χ2n) is 4.09. The smallest absolute Gasteiger partial charge is 0.253 e. The lowest BCUT2D eigenvalue weighted by atomic mass is 10.2. The zero-order valence-electron chi connectivity index (χ0n) is 10.3. The van der Waals surface area contributed by atoms with E-state index in [0.29, 0.717) is 6.54 Å². The van der Waals surface area contributed by atoms with Gasteiger partial charge in [0.15, 0.2) is 0 Å². The number of hydrogen-bond donors (Lipinski definition) is 0. The summed E-state index contributed by atoms with van der Waals surface area (Å²) in [4.78, 5) is 12.0. The molecule has 1 aromatic heterocycles. The van der Waals surface area contributed by atoms with Gasteiger partial charge in [-0.25, -0.2) is 0 Å². The van der Waals surface area contributed by atoms with Crippen molar-refractivity contribution in [2.45, 2.75) is 13.5 Å². The molecule has 18 heavy (non-hydrogen) atoms. The predicted molar refractivity (Wildman–Crippen MR) is 75.2 cm³/mol. The maximum atomic E-state index is 12.0. The Hall–Kier alpha value is -1.55. The maximum Gasteiger partial charge on any atom is 0.253 e. The number of aromatic nitrogens is 1. The summed E-state index contributed by atoms with van der Waals surface area (Å²) in [6.45, 7) is 2.31. The van der Waals surface area contributed by atoms with Crippen molar-refractivity contribution in [1.29, 1.82) is 0 Å². The molecule has 1 heterocycles. The summed E-state index contributed by atoms with van der Waals surface area (Å²) >= 11 is 3.41. The van der Waals surface area contributed by atoms with Crippen molar-refractivity contribution in [3.63, 3.8) is 0 Å². The molecule has 0 aliphatic carbocycles. The molecular formula is C14H14BrNO2. The number of rotatable bonds is 3. The summed E-state index contributed by atoms with van der Waals surface area (Å²) in [6, 6.07) is 9.53. The van der Waals surface area contributed by atoms with E-state index in [1.807, 2.05) is 37.3 Å². The minimum atomic E-state index is 0.0177. The number of aryl methyl sites for hydroxylation is 1. The number of pyridine rings is 1. The number of methoxy groups -OCH3 is 1. The molecule has 0 amide bonds. The molecule has 0 atom stereocenters. The van der Waals surface area contributed by atoms with Crippen molar-refractivity contribution < 1.29 is 4.74 Å². The van der Waals surface area contributed by atoms with E-state index in [9.17, 15) is 4.79 Å².